The zero-order valence-electron chi connectivity index (χ0n) is 10.4. The quantitative estimate of drug-likeness (QED) is 0.802. The van der Waals surface area contributed by atoms with Gasteiger partial charge in [0, 0.05) is 31.8 Å². The number of amides is 1. The van der Waals surface area contributed by atoms with Crippen molar-refractivity contribution in [3.05, 3.63) is 30.1 Å². The summed E-state index contributed by atoms with van der Waals surface area (Å²) in [6.07, 6.45) is 3.44. The summed E-state index contributed by atoms with van der Waals surface area (Å²) in [4.78, 5) is 28.2. The highest BCUT2D eigenvalue weighted by Gasteiger charge is 2.38. The molecule has 0 spiro atoms. The number of carboxylic acids is 1. The maximum Gasteiger partial charge on any atom is 0.326 e. The molecule has 2 rings (SSSR count). The van der Waals surface area contributed by atoms with Crippen molar-refractivity contribution < 1.29 is 19.8 Å². The zero-order valence-corrected chi connectivity index (χ0v) is 10.4. The second-order valence-electron chi connectivity index (χ2n) is 4.65. The molecule has 0 aliphatic carbocycles. The molecule has 0 bridgehead atoms. The van der Waals surface area contributed by atoms with E-state index in [0.29, 0.717) is 6.42 Å². The minimum Gasteiger partial charge on any atom is -0.480 e. The van der Waals surface area contributed by atoms with Crippen LogP contribution < -0.4 is 0 Å². The van der Waals surface area contributed by atoms with Crippen LogP contribution in [-0.2, 0) is 16.0 Å². The van der Waals surface area contributed by atoms with Crippen LogP contribution in [0.4, 0.5) is 0 Å². The average Bonchev–Trinajstić information content (AvgIpc) is 2.79. The predicted molar refractivity (Wildman–Crippen MR) is 66.3 cm³/mol. The van der Waals surface area contributed by atoms with E-state index in [1.165, 1.54) is 4.90 Å². The Morgan fingerprint density at radius 1 is 1.47 bits per heavy atom. The van der Waals surface area contributed by atoms with E-state index < -0.39 is 18.1 Å². The molecule has 19 heavy (non-hydrogen) atoms. The fourth-order valence-electron chi connectivity index (χ4n) is 2.26. The van der Waals surface area contributed by atoms with Gasteiger partial charge < -0.3 is 15.1 Å². The van der Waals surface area contributed by atoms with Gasteiger partial charge in [0.15, 0.2) is 0 Å². The first-order valence-electron chi connectivity index (χ1n) is 6.17. The fraction of sp³-hybridized carbons (Fsp3) is 0.462. The summed E-state index contributed by atoms with van der Waals surface area (Å²) >= 11 is 0. The van der Waals surface area contributed by atoms with Crippen molar-refractivity contribution in [2.24, 2.45) is 0 Å². The molecule has 2 unspecified atom stereocenters. The number of carbonyl (C=O) groups excluding carboxylic acids is 1. The third-order valence-electron chi connectivity index (χ3n) is 3.23. The molecular formula is C13H16N2O4. The van der Waals surface area contributed by atoms with Crippen LogP contribution in [0.25, 0.3) is 0 Å². The summed E-state index contributed by atoms with van der Waals surface area (Å²) in [6.45, 7) is 0.100. The smallest absolute Gasteiger partial charge is 0.326 e. The number of nitrogens with zero attached hydrogens (tertiary/aromatic N) is 2. The number of hydrogen-bond donors (Lipinski definition) is 2. The number of aromatic nitrogens is 1. The summed E-state index contributed by atoms with van der Waals surface area (Å²) in [5, 5.41) is 18.5. The maximum atomic E-state index is 12.0. The number of β-amino-alcohol motifs (C(OH)–C–C–N with tert-alkyl or cyclic N) is 1. The van der Waals surface area contributed by atoms with Crippen LogP contribution in [0.1, 0.15) is 18.4 Å². The van der Waals surface area contributed by atoms with Crippen molar-refractivity contribution in [3.8, 4) is 0 Å². The molecule has 0 aromatic carbocycles. The third-order valence-corrected chi connectivity index (χ3v) is 3.23. The number of carbonyl (C=O) groups is 2. The van der Waals surface area contributed by atoms with Crippen molar-refractivity contribution in [1.82, 2.24) is 9.88 Å². The molecule has 1 aliphatic heterocycles. The molecule has 2 atom stereocenters. The maximum absolute atomic E-state index is 12.0. The first-order valence-corrected chi connectivity index (χ1v) is 6.17. The molecule has 1 aliphatic rings. The Bertz CT molecular complexity index is 463. The molecule has 6 heteroatoms. The van der Waals surface area contributed by atoms with Gasteiger partial charge >= 0.3 is 5.97 Å². The molecule has 0 saturated carbocycles. The molecule has 2 N–H and O–H groups in total. The van der Waals surface area contributed by atoms with Gasteiger partial charge in [0.05, 0.1) is 6.10 Å². The number of carboxylic acid groups (broad SMARTS) is 1. The van der Waals surface area contributed by atoms with Crippen molar-refractivity contribution in [2.45, 2.75) is 31.4 Å². The number of aliphatic hydroxyl groups excluding tert-OH is 1. The molecule has 102 valence electrons. The molecule has 1 aromatic heterocycles. The Kier molecular flexibility index (Phi) is 4.11. The molecule has 0 radical (unpaired) electrons. The number of aliphatic hydroxyl groups is 1. The Hall–Kier alpha value is -1.95. The lowest BCUT2D eigenvalue weighted by Crippen LogP contribution is -2.40. The van der Waals surface area contributed by atoms with E-state index in [1.807, 2.05) is 6.07 Å². The Morgan fingerprint density at radius 2 is 2.26 bits per heavy atom. The predicted octanol–water partition coefficient (Wildman–Crippen LogP) is 0.0606. The lowest BCUT2D eigenvalue weighted by Gasteiger charge is -2.21. The van der Waals surface area contributed by atoms with E-state index in [1.54, 1.807) is 18.5 Å². The lowest BCUT2D eigenvalue weighted by molar-refractivity contribution is -0.148. The van der Waals surface area contributed by atoms with Crippen LogP contribution >= 0.6 is 0 Å². The third kappa shape index (κ3) is 3.29. The van der Waals surface area contributed by atoms with Gasteiger partial charge in [-0.1, -0.05) is 6.07 Å². The first kappa shape index (κ1) is 13.5. The summed E-state index contributed by atoms with van der Waals surface area (Å²) < 4.78 is 0. The number of aliphatic carboxylic acids is 1. The van der Waals surface area contributed by atoms with Crippen LogP contribution in [0.5, 0.6) is 0 Å². The standard InChI is InChI=1S/C13H16N2O4/c16-10-6-11(13(18)19)15(8-10)12(17)4-3-9-2-1-5-14-7-9/h1-2,5,7,10-11,16H,3-4,6,8H2,(H,18,19). The molecule has 2 heterocycles. The van der Waals surface area contributed by atoms with Gasteiger partial charge in [-0.25, -0.2) is 4.79 Å². The molecule has 1 saturated heterocycles. The second-order valence-corrected chi connectivity index (χ2v) is 4.65. The number of rotatable bonds is 4. The van der Waals surface area contributed by atoms with Gasteiger partial charge in [-0.05, 0) is 18.1 Å². The van der Waals surface area contributed by atoms with Gasteiger partial charge in [0.1, 0.15) is 6.04 Å². The van der Waals surface area contributed by atoms with Crippen molar-refractivity contribution >= 4 is 11.9 Å². The monoisotopic (exact) mass is 264 g/mol. The Balaban J connectivity index is 1.94. The van der Waals surface area contributed by atoms with Crippen LogP contribution in [-0.4, -0.2) is 50.7 Å². The van der Waals surface area contributed by atoms with Crippen LogP contribution in [0, 0.1) is 0 Å². The van der Waals surface area contributed by atoms with Crippen molar-refractivity contribution in [3.63, 3.8) is 0 Å². The zero-order chi connectivity index (χ0) is 13.8. The SMILES string of the molecule is O=C(O)C1CC(O)CN1C(=O)CCc1cccnc1. The van der Waals surface area contributed by atoms with E-state index in [9.17, 15) is 14.7 Å². The number of pyridine rings is 1. The van der Waals surface area contributed by atoms with Gasteiger partial charge in [0.25, 0.3) is 0 Å². The van der Waals surface area contributed by atoms with E-state index in [-0.39, 0.29) is 25.3 Å². The van der Waals surface area contributed by atoms with Crippen LogP contribution in [0.2, 0.25) is 0 Å². The van der Waals surface area contributed by atoms with Gasteiger partial charge in [-0.3, -0.25) is 9.78 Å². The summed E-state index contributed by atoms with van der Waals surface area (Å²) in [5.41, 5.74) is 0.933. The summed E-state index contributed by atoms with van der Waals surface area (Å²) in [7, 11) is 0. The summed E-state index contributed by atoms with van der Waals surface area (Å²) in [6, 6.07) is 2.75. The normalized spacial score (nSPS) is 22.5. The minimum absolute atomic E-state index is 0.100. The van der Waals surface area contributed by atoms with Gasteiger partial charge in [-0.2, -0.15) is 0 Å². The van der Waals surface area contributed by atoms with Gasteiger partial charge in [-0.15, -0.1) is 0 Å². The second kappa shape index (κ2) is 5.79. The fourth-order valence-corrected chi connectivity index (χ4v) is 2.26. The largest absolute Gasteiger partial charge is 0.480 e. The lowest BCUT2D eigenvalue weighted by atomic mass is 10.1. The van der Waals surface area contributed by atoms with Gasteiger partial charge in [0.2, 0.25) is 5.91 Å². The molecular weight excluding hydrogens is 248 g/mol. The van der Waals surface area contributed by atoms with Crippen molar-refractivity contribution in [2.75, 3.05) is 6.54 Å². The van der Waals surface area contributed by atoms with E-state index in [0.717, 1.165) is 5.56 Å². The molecule has 6 nitrogen and oxygen atoms in total. The Labute approximate surface area is 110 Å². The Morgan fingerprint density at radius 3 is 2.89 bits per heavy atom. The molecule has 1 fully saturated rings. The van der Waals surface area contributed by atoms with Crippen LogP contribution in [0.3, 0.4) is 0 Å². The topological polar surface area (TPSA) is 90.7 Å². The molecule has 1 aromatic rings. The van der Waals surface area contributed by atoms with E-state index >= 15 is 0 Å². The number of aryl methyl sites for hydroxylation is 1. The average molecular weight is 264 g/mol. The summed E-state index contributed by atoms with van der Waals surface area (Å²) in [5.74, 6) is -1.31. The highest BCUT2D eigenvalue weighted by molar-refractivity contribution is 5.84. The van der Waals surface area contributed by atoms with E-state index in [2.05, 4.69) is 4.98 Å². The minimum atomic E-state index is -1.06. The van der Waals surface area contributed by atoms with E-state index in [4.69, 9.17) is 5.11 Å². The first-order chi connectivity index (χ1) is 9.08. The number of hydrogen-bond acceptors (Lipinski definition) is 4. The molecule has 1 amide bonds. The van der Waals surface area contributed by atoms with Crippen molar-refractivity contribution in [1.29, 1.82) is 0 Å². The number of likely N-dealkylation sites (tertiary alicyclic amines) is 1. The highest BCUT2D eigenvalue weighted by Crippen LogP contribution is 2.19. The highest BCUT2D eigenvalue weighted by atomic mass is 16.4. The van der Waals surface area contributed by atoms with Crippen LogP contribution in [0.15, 0.2) is 24.5 Å².